The van der Waals surface area contributed by atoms with Gasteiger partial charge in [-0.25, -0.2) is 0 Å². The molecule has 1 atom stereocenters. The Morgan fingerprint density at radius 1 is 1.21 bits per heavy atom. The van der Waals surface area contributed by atoms with E-state index in [1.165, 1.54) is 19.3 Å². The number of hydrogen-bond acceptors (Lipinski definition) is 3. The van der Waals surface area contributed by atoms with Crippen molar-refractivity contribution in [2.45, 2.75) is 45.1 Å². The molecule has 1 aromatic carbocycles. The van der Waals surface area contributed by atoms with E-state index in [-0.39, 0.29) is 11.8 Å². The zero-order valence-electron chi connectivity index (χ0n) is 11.8. The van der Waals surface area contributed by atoms with Gasteiger partial charge in [0.1, 0.15) is 0 Å². The number of unbranched alkanes of at least 4 members (excludes halogenated alkanes) is 3. The molecule has 1 aromatic rings. The van der Waals surface area contributed by atoms with Crippen LogP contribution >= 0.6 is 12.6 Å². The maximum Gasteiger partial charge on any atom is 0.154 e. The molecular weight excluding hydrogens is 254 g/mol. The van der Waals surface area contributed by atoms with E-state index < -0.39 is 0 Å². The lowest BCUT2D eigenvalue weighted by Crippen LogP contribution is -2.39. The highest BCUT2D eigenvalue weighted by atomic mass is 32.1. The summed E-state index contributed by atoms with van der Waals surface area (Å²) in [4.78, 5) is 12.2. The van der Waals surface area contributed by atoms with Gasteiger partial charge < -0.3 is 5.32 Å². The maximum absolute atomic E-state index is 12.2. The summed E-state index contributed by atoms with van der Waals surface area (Å²) in [6.45, 7) is 3.11. The van der Waals surface area contributed by atoms with Gasteiger partial charge in [-0.15, -0.1) is 0 Å². The van der Waals surface area contributed by atoms with Crippen molar-refractivity contribution < 1.29 is 4.79 Å². The van der Waals surface area contributed by atoms with Crippen molar-refractivity contribution in [3.8, 4) is 0 Å². The average molecular weight is 279 g/mol. The van der Waals surface area contributed by atoms with E-state index in [0.29, 0.717) is 12.2 Å². The Hall–Kier alpha value is -0.800. The van der Waals surface area contributed by atoms with Crippen molar-refractivity contribution in [3.05, 3.63) is 35.9 Å². The monoisotopic (exact) mass is 279 g/mol. The quantitative estimate of drug-likeness (QED) is 0.508. The fourth-order valence-electron chi connectivity index (χ4n) is 2.03. The number of ketones is 1. The molecule has 0 fully saturated rings. The fraction of sp³-hybridized carbons (Fsp3) is 0.562. The molecule has 0 amide bonds. The Morgan fingerprint density at radius 2 is 1.95 bits per heavy atom. The van der Waals surface area contributed by atoms with Crippen molar-refractivity contribution in [1.29, 1.82) is 0 Å². The predicted molar refractivity (Wildman–Crippen MR) is 84.9 cm³/mol. The van der Waals surface area contributed by atoms with Gasteiger partial charge in [-0.2, -0.15) is 12.6 Å². The minimum absolute atomic E-state index is 0.120. The summed E-state index contributed by atoms with van der Waals surface area (Å²) in [7, 11) is 0. The van der Waals surface area contributed by atoms with Crippen LogP contribution in [0.15, 0.2) is 30.3 Å². The zero-order chi connectivity index (χ0) is 13.9. The lowest BCUT2D eigenvalue weighted by molar-refractivity contribution is -0.119. The summed E-state index contributed by atoms with van der Waals surface area (Å²) in [5.74, 6) is 0.802. The van der Waals surface area contributed by atoms with Crippen LogP contribution in [0.5, 0.6) is 0 Å². The van der Waals surface area contributed by atoms with Gasteiger partial charge in [0.15, 0.2) is 5.78 Å². The summed E-state index contributed by atoms with van der Waals surface area (Å²) >= 11 is 4.28. The van der Waals surface area contributed by atoms with E-state index in [1.807, 2.05) is 30.3 Å². The minimum Gasteiger partial charge on any atom is -0.307 e. The van der Waals surface area contributed by atoms with E-state index in [2.05, 4.69) is 24.9 Å². The van der Waals surface area contributed by atoms with E-state index in [0.717, 1.165) is 18.5 Å². The van der Waals surface area contributed by atoms with Gasteiger partial charge in [-0.1, -0.05) is 56.5 Å². The Balaban J connectivity index is 2.31. The number of rotatable bonds is 10. The predicted octanol–water partition coefficient (Wildman–Crippen LogP) is 3.27. The molecule has 1 rings (SSSR count). The van der Waals surface area contributed by atoms with E-state index in [4.69, 9.17) is 0 Å². The molecule has 0 bridgehead atoms. The van der Waals surface area contributed by atoms with Gasteiger partial charge in [0.2, 0.25) is 0 Å². The molecule has 3 heteroatoms. The van der Waals surface area contributed by atoms with Crippen LogP contribution in [0.1, 0.15) is 38.2 Å². The van der Waals surface area contributed by atoms with E-state index in [1.54, 1.807) is 0 Å². The van der Waals surface area contributed by atoms with E-state index in [9.17, 15) is 4.79 Å². The molecule has 0 aliphatic heterocycles. The standard InChI is InChI=1S/C16H25NOS/c1-2-3-4-8-11-17-15(13-19)16(18)12-14-9-6-5-7-10-14/h5-7,9-10,15,17,19H,2-4,8,11-13H2,1H3/t15-/m0/s1. The van der Waals surface area contributed by atoms with Gasteiger partial charge >= 0.3 is 0 Å². The average Bonchev–Trinajstić information content (AvgIpc) is 2.44. The molecule has 0 saturated carbocycles. The number of benzene rings is 1. The largest absolute Gasteiger partial charge is 0.307 e. The third-order valence-electron chi connectivity index (χ3n) is 3.21. The van der Waals surface area contributed by atoms with Gasteiger partial charge in [-0.3, -0.25) is 4.79 Å². The fourth-order valence-corrected chi connectivity index (χ4v) is 2.36. The molecular formula is C16H25NOS. The van der Waals surface area contributed by atoms with Crippen molar-refractivity contribution in [1.82, 2.24) is 5.32 Å². The summed E-state index contributed by atoms with van der Waals surface area (Å²) in [6.07, 6.45) is 5.37. The van der Waals surface area contributed by atoms with Crippen LogP contribution in [0.25, 0.3) is 0 Å². The molecule has 2 nitrogen and oxygen atoms in total. The van der Waals surface area contributed by atoms with Crippen LogP contribution in [0.2, 0.25) is 0 Å². The first-order valence-corrected chi connectivity index (χ1v) is 7.82. The van der Waals surface area contributed by atoms with Crippen LogP contribution in [0.4, 0.5) is 0 Å². The van der Waals surface area contributed by atoms with Crippen molar-refractivity contribution in [2.24, 2.45) is 0 Å². The van der Waals surface area contributed by atoms with Crippen LogP contribution in [-0.2, 0) is 11.2 Å². The molecule has 0 saturated heterocycles. The van der Waals surface area contributed by atoms with Crippen LogP contribution in [0.3, 0.4) is 0 Å². The van der Waals surface area contributed by atoms with Crippen molar-refractivity contribution in [2.75, 3.05) is 12.3 Å². The highest BCUT2D eigenvalue weighted by Gasteiger charge is 2.15. The number of nitrogens with one attached hydrogen (secondary N) is 1. The maximum atomic E-state index is 12.2. The Kier molecular flexibility index (Phi) is 8.59. The third-order valence-corrected chi connectivity index (χ3v) is 3.58. The number of carbonyl (C=O) groups excluding carboxylic acids is 1. The Bertz CT molecular complexity index is 353. The van der Waals surface area contributed by atoms with E-state index >= 15 is 0 Å². The molecule has 0 spiro atoms. The molecule has 0 heterocycles. The highest BCUT2D eigenvalue weighted by molar-refractivity contribution is 7.80. The molecule has 0 radical (unpaired) electrons. The lowest BCUT2D eigenvalue weighted by atomic mass is 10.0. The van der Waals surface area contributed by atoms with Crippen LogP contribution < -0.4 is 5.32 Å². The Morgan fingerprint density at radius 3 is 2.58 bits per heavy atom. The second-order valence-electron chi connectivity index (χ2n) is 4.88. The first kappa shape index (κ1) is 16.3. The summed E-state index contributed by atoms with van der Waals surface area (Å²) in [5, 5.41) is 3.32. The summed E-state index contributed by atoms with van der Waals surface area (Å²) < 4.78 is 0. The Labute approximate surface area is 122 Å². The molecule has 106 valence electrons. The van der Waals surface area contributed by atoms with Gasteiger partial charge in [0.05, 0.1) is 6.04 Å². The topological polar surface area (TPSA) is 29.1 Å². The first-order valence-electron chi connectivity index (χ1n) is 7.18. The van der Waals surface area contributed by atoms with Crippen molar-refractivity contribution in [3.63, 3.8) is 0 Å². The van der Waals surface area contributed by atoms with Crippen LogP contribution in [0, 0.1) is 0 Å². The third kappa shape index (κ3) is 6.79. The zero-order valence-corrected chi connectivity index (χ0v) is 12.7. The number of hydrogen-bond donors (Lipinski definition) is 2. The lowest BCUT2D eigenvalue weighted by Gasteiger charge is -2.15. The van der Waals surface area contributed by atoms with Gasteiger partial charge in [-0.05, 0) is 18.5 Å². The molecule has 1 N–H and O–H groups in total. The summed E-state index contributed by atoms with van der Waals surface area (Å²) in [6, 6.07) is 9.78. The minimum atomic E-state index is -0.120. The number of Topliss-reactive ketones (excluding diaryl/α,β-unsaturated/α-hetero) is 1. The molecule has 0 unspecified atom stereocenters. The smallest absolute Gasteiger partial charge is 0.154 e. The molecule has 0 aliphatic rings. The van der Waals surface area contributed by atoms with Crippen molar-refractivity contribution >= 4 is 18.4 Å². The molecule has 0 aromatic heterocycles. The SMILES string of the molecule is CCCCCCN[C@@H](CS)C(=O)Cc1ccccc1. The van der Waals surface area contributed by atoms with Gasteiger partial charge in [0, 0.05) is 12.2 Å². The normalized spacial score (nSPS) is 12.3. The first-order chi connectivity index (χ1) is 9.27. The molecule has 19 heavy (non-hydrogen) atoms. The summed E-state index contributed by atoms with van der Waals surface area (Å²) in [5.41, 5.74) is 1.08. The second kappa shape index (κ2) is 10.0. The van der Waals surface area contributed by atoms with Crippen LogP contribution in [-0.4, -0.2) is 24.1 Å². The number of thiol groups is 1. The highest BCUT2D eigenvalue weighted by Crippen LogP contribution is 2.04. The second-order valence-corrected chi connectivity index (χ2v) is 5.24. The molecule has 0 aliphatic carbocycles. The van der Waals surface area contributed by atoms with Gasteiger partial charge in [0.25, 0.3) is 0 Å². The number of carbonyl (C=O) groups is 1.